The first-order valence-corrected chi connectivity index (χ1v) is 5.76. The highest BCUT2D eigenvalue weighted by Crippen LogP contribution is 2.13. The number of hydrogen-bond donors (Lipinski definition) is 3. The Morgan fingerprint density at radius 1 is 1.31 bits per heavy atom. The number of hydrogen-bond acceptors (Lipinski definition) is 4. The minimum absolute atomic E-state index is 0.0865. The van der Waals surface area contributed by atoms with E-state index in [4.69, 9.17) is 5.73 Å². The summed E-state index contributed by atoms with van der Waals surface area (Å²) in [6, 6.07) is 0. The fourth-order valence-electron chi connectivity index (χ4n) is 1.12. The van der Waals surface area contributed by atoms with Crippen molar-refractivity contribution in [1.82, 2.24) is 0 Å². The van der Waals surface area contributed by atoms with E-state index in [1.807, 2.05) is 6.29 Å². The van der Waals surface area contributed by atoms with Crippen molar-refractivity contribution in [3.63, 3.8) is 0 Å². The lowest BCUT2D eigenvalue weighted by Crippen LogP contribution is -2.15. The van der Waals surface area contributed by atoms with Crippen LogP contribution in [-0.4, -0.2) is 23.8 Å². The molecule has 0 aliphatic heterocycles. The number of nitrogens with two attached hydrogens (primary N) is 1. The highest BCUT2D eigenvalue weighted by atomic mass is 32.1. The van der Waals surface area contributed by atoms with Crippen LogP contribution in [0.5, 0.6) is 0 Å². The Hall–Kier alpha value is 0.330. The largest absolute Gasteiger partial charge is 0.330 e. The van der Waals surface area contributed by atoms with Crippen molar-refractivity contribution in [3.8, 4) is 0 Å². The van der Waals surface area contributed by atoms with Crippen molar-refractivity contribution in [2.24, 2.45) is 11.7 Å². The molecule has 2 nitrogen and oxygen atoms in total. The van der Waals surface area contributed by atoms with Crippen LogP contribution in [0.2, 0.25) is 0 Å². The number of carbonyl (C=O) groups excluding carboxylic acids is 1. The van der Waals surface area contributed by atoms with E-state index in [0.29, 0.717) is 11.8 Å². The molecule has 0 saturated heterocycles. The van der Waals surface area contributed by atoms with Crippen LogP contribution in [0.4, 0.5) is 0 Å². The fourth-order valence-corrected chi connectivity index (χ4v) is 1.95. The Morgan fingerprint density at radius 3 is 2.46 bits per heavy atom. The normalized spacial score (nSPS) is 15.3. The Labute approximate surface area is 91.5 Å². The van der Waals surface area contributed by atoms with E-state index in [2.05, 4.69) is 25.3 Å². The van der Waals surface area contributed by atoms with E-state index < -0.39 is 0 Å². The van der Waals surface area contributed by atoms with Crippen LogP contribution in [0.1, 0.15) is 25.7 Å². The highest BCUT2D eigenvalue weighted by Gasteiger charge is 2.07. The van der Waals surface area contributed by atoms with Gasteiger partial charge in [-0.2, -0.15) is 25.3 Å². The maximum Gasteiger partial charge on any atom is 0.203 e. The topological polar surface area (TPSA) is 43.1 Å². The summed E-state index contributed by atoms with van der Waals surface area (Å²) < 4.78 is 0. The summed E-state index contributed by atoms with van der Waals surface area (Å²) in [4.78, 5) is 10.3. The SMILES string of the molecule is NCC([C]=O)CCCC(S)CCS. The van der Waals surface area contributed by atoms with Crippen molar-refractivity contribution >= 4 is 31.5 Å². The molecule has 0 aromatic carbocycles. The minimum Gasteiger partial charge on any atom is -0.330 e. The van der Waals surface area contributed by atoms with E-state index in [0.717, 1.165) is 31.4 Å². The molecule has 0 spiro atoms. The molecule has 0 saturated carbocycles. The van der Waals surface area contributed by atoms with Gasteiger partial charge < -0.3 is 5.73 Å². The van der Waals surface area contributed by atoms with Crippen molar-refractivity contribution in [3.05, 3.63) is 0 Å². The van der Waals surface area contributed by atoms with Crippen molar-refractivity contribution in [2.75, 3.05) is 12.3 Å². The summed E-state index contributed by atoms with van der Waals surface area (Å²) in [5.74, 6) is 0.783. The Bertz CT molecular complexity index is 133. The summed E-state index contributed by atoms with van der Waals surface area (Å²) in [6.45, 7) is 0.410. The van der Waals surface area contributed by atoms with Gasteiger partial charge in [0, 0.05) is 17.7 Å². The molecule has 0 aliphatic rings. The summed E-state index contributed by atoms with van der Waals surface area (Å²) in [7, 11) is 0. The van der Waals surface area contributed by atoms with Gasteiger partial charge in [-0.05, 0) is 25.0 Å². The Balaban J connectivity index is 3.37. The van der Waals surface area contributed by atoms with E-state index >= 15 is 0 Å². The average Bonchev–Trinajstić information content (AvgIpc) is 2.13. The Kier molecular flexibility index (Phi) is 9.13. The zero-order valence-electron chi connectivity index (χ0n) is 7.78. The van der Waals surface area contributed by atoms with Gasteiger partial charge in [-0.1, -0.05) is 6.42 Å². The molecule has 0 bridgehead atoms. The molecular weight excluding hydrogens is 202 g/mol. The molecule has 0 heterocycles. The molecular formula is C9H18NOS2. The molecule has 0 aromatic rings. The van der Waals surface area contributed by atoms with Crippen LogP contribution < -0.4 is 5.73 Å². The zero-order valence-corrected chi connectivity index (χ0v) is 9.57. The van der Waals surface area contributed by atoms with Gasteiger partial charge in [0.05, 0.1) is 0 Å². The summed E-state index contributed by atoms with van der Waals surface area (Å²) >= 11 is 8.52. The monoisotopic (exact) mass is 220 g/mol. The predicted octanol–water partition coefficient (Wildman–Crippen LogP) is 1.46. The highest BCUT2D eigenvalue weighted by molar-refractivity contribution is 7.81. The molecule has 0 fully saturated rings. The molecule has 77 valence electrons. The van der Waals surface area contributed by atoms with Gasteiger partial charge in [-0.15, -0.1) is 0 Å². The molecule has 4 heteroatoms. The van der Waals surface area contributed by atoms with Gasteiger partial charge in [0.25, 0.3) is 0 Å². The summed E-state index contributed by atoms with van der Waals surface area (Å²) in [5.41, 5.74) is 5.37. The van der Waals surface area contributed by atoms with Crippen LogP contribution in [0, 0.1) is 5.92 Å². The van der Waals surface area contributed by atoms with Crippen LogP contribution in [0.15, 0.2) is 0 Å². The van der Waals surface area contributed by atoms with Gasteiger partial charge in [0.2, 0.25) is 6.29 Å². The molecule has 0 aliphatic carbocycles. The molecule has 2 N–H and O–H groups in total. The third kappa shape index (κ3) is 7.40. The van der Waals surface area contributed by atoms with Gasteiger partial charge in [0.1, 0.15) is 0 Å². The van der Waals surface area contributed by atoms with Gasteiger partial charge in [0.15, 0.2) is 0 Å². The van der Waals surface area contributed by atoms with Crippen molar-refractivity contribution < 1.29 is 4.79 Å². The second-order valence-corrected chi connectivity index (χ2v) is 4.32. The first-order chi connectivity index (χ1) is 6.24. The number of thiol groups is 2. The lowest BCUT2D eigenvalue weighted by molar-refractivity contribution is 0.495. The second-order valence-electron chi connectivity index (χ2n) is 3.15. The second kappa shape index (κ2) is 8.91. The van der Waals surface area contributed by atoms with Crippen LogP contribution in [-0.2, 0) is 4.79 Å². The summed E-state index contributed by atoms with van der Waals surface area (Å²) in [6.07, 6.45) is 5.83. The molecule has 0 rings (SSSR count). The van der Waals surface area contributed by atoms with E-state index in [-0.39, 0.29) is 5.92 Å². The molecule has 13 heavy (non-hydrogen) atoms. The standard InChI is InChI=1S/C9H18NOS2/c10-6-8(7-11)2-1-3-9(13)4-5-12/h8-9,12-13H,1-6,10H2. The first kappa shape index (κ1) is 13.3. The smallest absolute Gasteiger partial charge is 0.203 e. The van der Waals surface area contributed by atoms with E-state index in [1.165, 1.54) is 0 Å². The maximum atomic E-state index is 10.3. The molecule has 0 amide bonds. The average molecular weight is 220 g/mol. The maximum absolute atomic E-state index is 10.3. The van der Waals surface area contributed by atoms with Gasteiger partial charge >= 0.3 is 0 Å². The first-order valence-electron chi connectivity index (χ1n) is 4.61. The zero-order chi connectivity index (χ0) is 10.1. The molecule has 1 radical (unpaired) electrons. The van der Waals surface area contributed by atoms with E-state index in [1.54, 1.807) is 0 Å². The number of rotatable bonds is 8. The third-order valence-electron chi connectivity index (χ3n) is 2.00. The van der Waals surface area contributed by atoms with Gasteiger partial charge in [-0.25, -0.2) is 0 Å². The van der Waals surface area contributed by atoms with E-state index in [9.17, 15) is 4.79 Å². The minimum atomic E-state index is -0.0865. The van der Waals surface area contributed by atoms with Crippen molar-refractivity contribution in [1.29, 1.82) is 0 Å². The fraction of sp³-hybridized carbons (Fsp3) is 0.889. The molecule has 2 unspecified atom stereocenters. The van der Waals surface area contributed by atoms with Crippen LogP contribution in [0.25, 0.3) is 0 Å². The van der Waals surface area contributed by atoms with Crippen molar-refractivity contribution in [2.45, 2.75) is 30.9 Å². The summed E-state index contributed by atoms with van der Waals surface area (Å²) in [5, 5.41) is 0.405. The Morgan fingerprint density at radius 2 is 2.00 bits per heavy atom. The third-order valence-corrected chi connectivity index (χ3v) is 2.78. The van der Waals surface area contributed by atoms with Crippen LogP contribution >= 0.6 is 25.3 Å². The molecule has 0 aromatic heterocycles. The quantitative estimate of drug-likeness (QED) is 0.542. The predicted molar refractivity (Wildman–Crippen MR) is 63.3 cm³/mol. The molecule has 2 atom stereocenters. The van der Waals surface area contributed by atoms with Crippen LogP contribution in [0.3, 0.4) is 0 Å². The van der Waals surface area contributed by atoms with Gasteiger partial charge in [-0.3, -0.25) is 4.79 Å². The lowest BCUT2D eigenvalue weighted by Gasteiger charge is -2.10. The lowest BCUT2D eigenvalue weighted by atomic mass is 10.0.